The first kappa shape index (κ1) is 26.2. The van der Waals surface area contributed by atoms with E-state index in [9.17, 15) is 14.4 Å². The summed E-state index contributed by atoms with van der Waals surface area (Å²) in [4.78, 5) is 36.0. The van der Waals surface area contributed by atoms with Gasteiger partial charge in [0.25, 0.3) is 0 Å². The van der Waals surface area contributed by atoms with E-state index in [0.29, 0.717) is 0 Å². The lowest BCUT2D eigenvalue weighted by Gasteiger charge is -2.28. The zero-order valence-electron chi connectivity index (χ0n) is 20.2. The number of hydrogen-bond donors (Lipinski definition) is 3. The minimum Gasteiger partial charge on any atom is -0.480 e. The lowest BCUT2D eigenvalue weighted by atomic mass is 9.98. The standard InChI is InChI=1S/C26H32N2O7/c1-26(2,33-3)14-22(24(31)27-12-13-34-16-23(29)30)28-25(32)35-15-21-19-10-6-4-8-17(19)18-9-5-7-11-20(18)21/h4-11,21-22H,12-16H2,1-3H3,(H,27,31)(H,28,32)(H,29,30). The Labute approximate surface area is 204 Å². The second-order valence-corrected chi connectivity index (χ2v) is 8.93. The normalized spacial score (nSPS) is 13.5. The number of methoxy groups -OCH3 is 1. The highest BCUT2D eigenvalue weighted by Gasteiger charge is 2.32. The van der Waals surface area contributed by atoms with Crippen molar-refractivity contribution >= 4 is 18.0 Å². The Kier molecular flexibility index (Phi) is 8.84. The maximum absolute atomic E-state index is 12.7. The van der Waals surface area contributed by atoms with Crippen LogP contribution in [0.2, 0.25) is 0 Å². The first-order valence-electron chi connectivity index (χ1n) is 11.5. The van der Waals surface area contributed by atoms with E-state index in [1.54, 1.807) is 0 Å². The summed E-state index contributed by atoms with van der Waals surface area (Å²) in [5, 5.41) is 13.9. The molecular weight excluding hydrogens is 452 g/mol. The Morgan fingerprint density at radius 3 is 2.20 bits per heavy atom. The van der Waals surface area contributed by atoms with Gasteiger partial charge in [-0.1, -0.05) is 48.5 Å². The van der Waals surface area contributed by atoms with Gasteiger partial charge in [0.1, 0.15) is 19.3 Å². The number of carbonyl (C=O) groups is 3. The monoisotopic (exact) mass is 484 g/mol. The molecule has 1 atom stereocenters. The van der Waals surface area contributed by atoms with Gasteiger partial charge in [-0.15, -0.1) is 0 Å². The molecule has 188 valence electrons. The molecule has 0 bridgehead atoms. The van der Waals surface area contributed by atoms with Crippen molar-refractivity contribution < 1.29 is 33.7 Å². The number of rotatable bonds is 12. The molecule has 0 heterocycles. The maximum atomic E-state index is 12.7. The molecule has 1 aliphatic carbocycles. The Hall–Kier alpha value is -3.43. The molecule has 9 nitrogen and oxygen atoms in total. The number of nitrogens with one attached hydrogen (secondary N) is 2. The quantitative estimate of drug-likeness (QED) is 0.396. The number of carbonyl (C=O) groups excluding carboxylic acids is 2. The number of fused-ring (bicyclic) bond motifs is 3. The van der Waals surface area contributed by atoms with Crippen LogP contribution in [0.15, 0.2) is 48.5 Å². The average molecular weight is 485 g/mol. The number of amides is 2. The predicted molar refractivity (Wildman–Crippen MR) is 129 cm³/mol. The molecular formula is C26H32N2O7. The van der Waals surface area contributed by atoms with Crippen molar-refractivity contribution in [3.8, 4) is 11.1 Å². The lowest BCUT2D eigenvalue weighted by Crippen LogP contribution is -2.51. The third kappa shape index (κ3) is 7.03. The summed E-state index contributed by atoms with van der Waals surface area (Å²) in [7, 11) is 1.53. The molecule has 2 amide bonds. The van der Waals surface area contributed by atoms with Gasteiger partial charge < -0.3 is 30.0 Å². The number of alkyl carbamates (subject to hydrolysis) is 1. The van der Waals surface area contributed by atoms with E-state index in [1.807, 2.05) is 50.2 Å². The minimum atomic E-state index is -1.09. The summed E-state index contributed by atoms with van der Waals surface area (Å²) < 4.78 is 15.9. The number of carboxylic acid groups (broad SMARTS) is 1. The third-order valence-corrected chi connectivity index (χ3v) is 5.97. The van der Waals surface area contributed by atoms with Crippen LogP contribution < -0.4 is 10.6 Å². The predicted octanol–water partition coefficient (Wildman–Crippen LogP) is 2.93. The van der Waals surface area contributed by atoms with Gasteiger partial charge in [-0.05, 0) is 36.1 Å². The van der Waals surface area contributed by atoms with Crippen LogP contribution in [0.5, 0.6) is 0 Å². The van der Waals surface area contributed by atoms with Crippen molar-refractivity contribution in [3.05, 3.63) is 59.7 Å². The van der Waals surface area contributed by atoms with Gasteiger partial charge in [0.15, 0.2) is 0 Å². The maximum Gasteiger partial charge on any atom is 0.407 e. The second-order valence-electron chi connectivity index (χ2n) is 8.93. The highest BCUT2D eigenvalue weighted by atomic mass is 16.5. The van der Waals surface area contributed by atoms with Crippen molar-refractivity contribution in [1.82, 2.24) is 10.6 Å². The number of ether oxygens (including phenoxy) is 3. The first-order valence-corrected chi connectivity index (χ1v) is 11.5. The van der Waals surface area contributed by atoms with Crippen LogP contribution in [0.25, 0.3) is 11.1 Å². The van der Waals surface area contributed by atoms with E-state index in [2.05, 4.69) is 22.8 Å². The molecule has 35 heavy (non-hydrogen) atoms. The summed E-state index contributed by atoms with van der Waals surface area (Å²) in [6.07, 6.45) is -0.503. The molecule has 1 aliphatic rings. The van der Waals surface area contributed by atoms with Crippen LogP contribution >= 0.6 is 0 Å². The summed E-state index contributed by atoms with van der Waals surface area (Å²) in [5.41, 5.74) is 3.76. The van der Waals surface area contributed by atoms with Gasteiger partial charge in [0.2, 0.25) is 5.91 Å². The van der Waals surface area contributed by atoms with Gasteiger partial charge in [-0.2, -0.15) is 0 Å². The number of hydrogen-bond acceptors (Lipinski definition) is 6. The van der Waals surface area contributed by atoms with Crippen molar-refractivity contribution in [2.75, 3.05) is 33.5 Å². The molecule has 9 heteroatoms. The zero-order valence-corrected chi connectivity index (χ0v) is 20.2. The molecule has 0 spiro atoms. The van der Waals surface area contributed by atoms with Gasteiger partial charge in [0.05, 0.1) is 12.2 Å². The first-order chi connectivity index (χ1) is 16.7. The van der Waals surface area contributed by atoms with E-state index in [1.165, 1.54) is 7.11 Å². The third-order valence-electron chi connectivity index (χ3n) is 5.97. The fourth-order valence-corrected chi connectivity index (χ4v) is 4.10. The Morgan fingerprint density at radius 1 is 1.03 bits per heavy atom. The summed E-state index contributed by atoms with van der Waals surface area (Å²) in [6, 6.07) is 15.2. The molecule has 3 N–H and O–H groups in total. The molecule has 0 radical (unpaired) electrons. The number of benzene rings is 2. The van der Waals surface area contributed by atoms with Crippen molar-refractivity contribution in [2.45, 2.75) is 37.8 Å². The largest absolute Gasteiger partial charge is 0.480 e. The van der Waals surface area contributed by atoms with Crippen LogP contribution in [-0.4, -0.2) is 68.2 Å². The van der Waals surface area contributed by atoms with Crippen LogP contribution in [-0.2, 0) is 23.8 Å². The molecule has 0 aromatic heterocycles. The molecule has 0 fully saturated rings. The minimum absolute atomic E-state index is 0.0311. The van der Waals surface area contributed by atoms with Crippen molar-refractivity contribution in [1.29, 1.82) is 0 Å². The van der Waals surface area contributed by atoms with Gasteiger partial charge in [0, 0.05) is 26.0 Å². The Bertz CT molecular complexity index is 1010. The summed E-state index contributed by atoms with van der Waals surface area (Å²) in [5.74, 6) is -1.63. The Balaban J connectivity index is 1.61. The molecule has 0 saturated heterocycles. The summed E-state index contributed by atoms with van der Waals surface area (Å²) >= 11 is 0. The van der Waals surface area contributed by atoms with E-state index in [4.69, 9.17) is 19.3 Å². The Morgan fingerprint density at radius 2 is 1.63 bits per heavy atom. The van der Waals surface area contributed by atoms with Crippen molar-refractivity contribution in [2.24, 2.45) is 0 Å². The molecule has 0 aliphatic heterocycles. The van der Waals surface area contributed by atoms with E-state index in [0.717, 1.165) is 22.3 Å². The fourth-order valence-electron chi connectivity index (χ4n) is 4.10. The SMILES string of the molecule is COC(C)(C)CC(NC(=O)OCC1c2ccccc2-c2ccccc21)C(=O)NCCOCC(=O)O. The highest BCUT2D eigenvalue weighted by molar-refractivity contribution is 5.86. The lowest BCUT2D eigenvalue weighted by molar-refractivity contribution is -0.142. The molecule has 2 aromatic rings. The van der Waals surface area contributed by atoms with E-state index in [-0.39, 0.29) is 32.1 Å². The van der Waals surface area contributed by atoms with Gasteiger partial charge in [-0.3, -0.25) is 4.79 Å². The second kappa shape index (κ2) is 11.8. The highest BCUT2D eigenvalue weighted by Crippen LogP contribution is 2.44. The number of aliphatic carboxylic acids is 1. The van der Waals surface area contributed by atoms with Crippen LogP contribution in [0.4, 0.5) is 4.79 Å². The average Bonchev–Trinajstić information content (AvgIpc) is 3.15. The molecule has 1 unspecified atom stereocenters. The fraction of sp³-hybridized carbons (Fsp3) is 0.423. The van der Waals surface area contributed by atoms with Crippen LogP contribution in [0.3, 0.4) is 0 Å². The molecule has 0 saturated carbocycles. The van der Waals surface area contributed by atoms with E-state index >= 15 is 0 Å². The smallest absolute Gasteiger partial charge is 0.407 e. The van der Waals surface area contributed by atoms with Gasteiger partial charge >= 0.3 is 12.1 Å². The molecule has 3 rings (SSSR count). The molecule has 2 aromatic carbocycles. The summed E-state index contributed by atoms with van der Waals surface area (Å²) in [6.45, 7) is 3.43. The topological polar surface area (TPSA) is 123 Å². The van der Waals surface area contributed by atoms with Crippen molar-refractivity contribution in [3.63, 3.8) is 0 Å². The van der Waals surface area contributed by atoms with E-state index < -0.39 is 36.2 Å². The zero-order chi connectivity index (χ0) is 25.4. The number of carboxylic acids is 1. The van der Waals surface area contributed by atoms with Crippen LogP contribution in [0.1, 0.15) is 37.3 Å². The van der Waals surface area contributed by atoms with Crippen LogP contribution in [0, 0.1) is 0 Å². The van der Waals surface area contributed by atoms with Gasteiger partial charge in [-0.25, -0.2) is 9.59 Å².